The molecule has 0 spiro atoms. The minimum absolute atomic E-state index is 0.0226. The smallest absolute Gasteiger partial charge is 0.308 e. The monoisotopic (exact) mass is 382 g/mol. The van der Waals surface area contributed by atoms with E-state index < -0.39 is 0 Å². The van der Waals surface area contributed by atoms with Crippen LogP contribution in [0.3, 0.4) is 0 Å². The molecular weight excluding hydrogens is 356 g/mol. The maximum atomic E-state index is 11.1. The number of rotatable bonds is 3. The molecule has 2 atom stereocenters. The van der Waals surface area contributed by atoms with E-state index in [4.69, 9.17) is 14.2 Å². The first kappa shape index (κ1) is 18.8. The Balaban J connectivity index is 1.56. The fourth-order valence-corrected chi connectivity index (χ4v) is 4.19. The number of hydrogen-bond donors (Lipinski definition) is 1. The molecule has 2 aliphatic rings. The van der Waals surface area contributed by atoms with Crippen LogP contribution in [-0.4, -0.2) is 17.7 Å². The summed E-state index contributed by atoms with van der Waals surface area (Å²) in [6.07, 6.45) is 4.58. The van der Waals surface area contributed by atoms with E-state index in [1.54, 1.807) is 12.1 Å². The molecule has 1 N–H and O–H groups in total. The van der Waals surface area contributed by atoms with Crippen LogP contribution in [0.5, 0.6) is 17.2 Å². The van der Waals surface area contributed by atoms with Crippen molar-refractivity contribution in [3.8, 4) is 17.2 Å². The van der Waals surface area contributed by atoms with Crippen molar-refractivity contribution in [1.29, 1.82) is 0 Å². The molecule has 0 aliphatic carbocycles. The van der Waals surface area contributed by atoms with E-state index in [-0.39, 0.29) is 18.2 Å². The largest absolute Gasteiger partial charge is 0.507 e. The molecule has 0 aromatic heterocycles. The van der Waals surface area contributed by atoms with Gasteiger partial charge in [0.15, 0.2) is 0 Å². The van der Waals surface area contributed by atoms with Crippen LogP contribution in [0.25, 0.3) is 0 Å². The van der Waals surface area contributed by atoms with Gasteiger partial charge in [-0.1, -0.05) is 12.1 Å². The molecule has 2 aliphatic heterocycles. The number of carbonyl (C=O) groups is 1. The molecule has 4 rings (SSSR count). The van der Waals surface area contributed by atoms with Crippen LogP contribution in [0.1, 0.15) is 67.1 Å². The third kappa shape index (κ3) is 3.72. The van der Waals surface area contributed by atoms with Gasteiger partial charge < -0.3 is 19.3 Å². The number of phenols is 1. The van der Waals surface area contributed by atoms with E-state index in [1.807, 2.05) is 25.1 Å². The normalized spacial score (nSPS) is 21.5. The van der Waals surface area contributed by atoms with Crippen LogP contribution in [0, 0.1) is 6.92 Å². The minimum atomic E-state index is -0.334. The third-order valence-electron chi connectivity index (χ3n) is 5.55. The lowest BCUT2D eigenvalue weighted by Crippen LogP contribution is -2.18. The molecule has 2 aromatic rings. The topological polar surface area (TPSA) is 65.0 Å². The van der Waals surface area contributed by atoms with Gasteiger partial charge in [-0.15, -0.1) is 0 Å². The number of aryl methyl sites for hydroxylation is 1. The van der Waals surface area contributed by atoms with Gasteiger partial charge in [-0.2, -0.15) is 0 Å². The number of aromatic hydroxyl groups is 1. The molecule has 0 radical (unpaired) electrons. The van der Waals surface area contributed by atoms with Crippen LogP contribution in [-0.2, 0) is 16.0 Å². The number of fused-ring (bicyclic) bond motifs is 1. The summed E-state index contributed by atoms with van der Waals surface area (Å²) in [6.45, 7) is 4.15. The molecule has 0 bridgehead atoms. The Morgan fingerprint density at radius 2 is 1.93 bits per heavy atom. The Kier molecular flexibility index (Phi) is 5.27. The van der Waals surface area contributed by atoms with Crippen LogP contribution in [0.2, 0.25) is 0 Å². The fraction of sp³-hybridized carbons (Fsp3) is 0.435. The van der Waals surface area contributed by atoms with Gasteiger partial charge in [0.25, 0.3) is 0 Å². The molecule has 5 heteroatoms. The number of carbonyl (C=O) groups excluding carboxylic acids is 1. The van der Waals surface area contributed by atoms with Gasteiger partial charge in [0.2, 0.25) is 0 Å². The van der Waals surface area contributed by atoms with Crippen molar-refractivity contribution < 1.29 is 24.1 Å². The summed E-state index contributed by atoms with van der Waals surface area (Å²) in [5.74, 6) is 1.28. The zero-order chi connectivity index (χ0) is 19.7. The van der Waals surface area contributed by atoms with Gasteiger partial charge in [0.1, 0.15) is 23.4 Å². The maximum Gasteiger partial charge on any atom is 0.308 e. The highest BCUT2D eigenvalue weighted by atomic mass is 16.5. The molecule has 28 heavy (non-hydrogen) atoms. The van der Waals surface area contributed by atoms with E-state index in [0.717, 1.165) is 66.7 Å². The number of benzene rings is 2. The van der Waals surface area contributed by atoms with Gasteiger partial charge in [0.05, 0.1) is 6.10 Å². The van der Waals surface area contributed by atoms with Crippen molar-refractivity contribution in [2.75, 3.05) is 6.61 Å². The second-order valence-corrected chi connectivity index (χ2v) is 7.60. The quantitative estimate of drug-likeness (QED) is 0.602. The summed E-state index contributed by atoms with van der Waals surface area (Å²) in [5.41, 5.74) is 3.83. The zero-order valence-corrected chi connectivity index (χ0v) is 16.4. The molecule has 2 heterocycles. The summed E-state index contributed by atoms with van der Waals surface area (Å²) in [6, 6.07) is 9.43. The van der Waals surface area contributed by atoms with Crippen LogP contribution in [0.4, 0.5) is 0 Å². The fourth-order valence-electron chi connectivity index (χ4n) is 4.19. The summed E-state index contributed by atoms with van der Waals surface area (Å²) < 4.78 is 17.2. The number of phenolic OH excluding ortho intramolecular Hbond substituents is 1. The SMILES string of the molecule is CC(=O)Oc1ccc(C2CCc3c(cc(C)c(C4CCCCO4)c3O)O2)cc1. The van der Waals surface area contributed by atoms with Crippen LogP contribution in [0.15, 0.2) is 30.3 Å². The lowest BCUT2D eigenvalue weighted by molar-refractivity contribution is -0.131. The van der Waals surface area contributed by atoms with E-state index in [0.29, 0.717) is 11.5 Å². The van der Waals surface area contributed by atoms with Crippen LogP contribution >= 0.6 is 0 Å². The van der Waals surface area contributed by atoms with Crippen molar-refractivity contribution in [1.82, 2.24) is 0 Å². The van der Waals surface area contributed by atoms with Gasteiger partial charge in [0, 0.05) is 24.7 Å². The summed E-state index contributed by atoms with van der Waals surface area (Å²) in [5, 5.41) is 10.9. The van der Waals surface area contributed by atoms with Gasteiger partial charge >= 0.3 is 5.97 Å². The zero-order valence-electron chi connectivity index (χ0n) is 16.4. The number of hydrogen-bond acceptors (Lipinski definition) is 5. The van der Waals surface area contributed by atoms with Crippen molar-refractivity contribution in [2.45, 2.75) is 58.2 Å². The third-order valence-corrected chi connectivity index (χ3v) is 5.55. The van der Waals surface area contributed by atoms with Crippen molar-refractivity contribution in [3.05, 3.63) is 52.6 Å². The average molecular weight is 382 g/mol. The molecule has 1 saturated heterocycles. The molecule has 2 aromatic carbocycles. The van der Waals surface area contributed by atoms with Crippen LogP contribution < -0.4 is 9.47 Å². The molecule has 5 nitrogen and oxygen atoms in total. The molecule has 0 amide bonds. The second-order valence-electron chi connectivity index (χ2n) is 7.60. The Bertz CT molecular complexity index is 866. The summed E-state index contributed by atoms with van der Waals surface area (Å²) in [7, 11) is 0. The number of esters is 1. The first-order valence-corrected chi connectivity index (χ1v) is 9.95. The molecule has 1 fully saturated rings. The Hall–Kier alpha value is -2.53. The average Bonchev–Trinajstić information content (AvgIpc) is 2.68. The highest BCUT2D eigenvalue weighted by molar-refractivity contribution is 5.69. The molecular formula is C23H26O5. The lowest BCUT2D eigenvalue weighted by atomic mass is 9.89. The first-order valence-electron chi connectivity index (χ1n) is 9.95. The molecule has 2 unspecified atom stereocenters. The van der Waals surface area contributed by atoms with Crippen molar-refractivity contribution >= 4 is 5.97 Å². The van der Waals surface area contributed by atoms with Gasteiger partial charge in [-0.05, 0) is 68.4 Å². The van der Waals surface area contributed by atoms with E-state index in [2.05, 4.69) is 0 Å². The Morgan fingerprint density at radius 1 is 1.14 bits per heavy atom. The lowest BCUT2D eigenvalue weighted by Gasteiger charge is -2.31. The summed E-state index contributed by atoms with van der Waals surface area (Å²) >= 11 is 0. The van der Waals surface area contributed by atoms with Gasteiger partial charge in [-0.25, -0.2) is 0 Å². The Morgan fingerprint density at radius 3 is 2.61 bits per heavy atom. The second kappa shape index (κ2) is 7.84. The predicted molar refractivity (Wildman–Crippen MR) is 105 cm³/mol. The Labute approximate surface area is 165 Å². The predicted octanol–water partition coefficient (Wildman–Crippen LogP) is 4.93. The molecule has 0 saturated carbocycles. The van der Waals surface area contributed by atoms with E-state index in [9.17, 15) is 9.90 Å². The standard InChI is InChI=1S/C23H26O5/c1-14-13-21-18(23(25)22(14)20-5-3-4-12-26-20)10-11-19(28-21)16-6-8-17(9-7-16)27-15(2)24/h6-9,13,19-20,25H,3-5,10-12H2,1-2H3. The first-order chi connectivity index (χ1) is 13.5. The minimum Gasteiger partial charge on any atom is -0.507 e. The molecule has 148 valence electrons. The van der Waals surface area contributed by atoms with Gasteiger partial charge in [-0.3, -0.25) is 4.79 Å². The van der Waals surface area contributed by atoms with E-state index in [1.165, 1.54) is 6.92 Å². The number of ether oxygens (including phenoxy) is 3. The highest BCUT2D eigenvalue weighted by Gasteiger charge is 2.29. The highest BCUT2D eigenvalue weighted by Crippen LogP contribution is 2.46. The van der Waals surface area contributed by atoms with Crippen molar-refractivity contribution in [3.63, 3.8) is 0 Å². The maximum absolute atomic E-state index is 11.1. The van der Waals surface area contributed by atoms with Crippen molar-refractivity contribution in [2.24, 2.45) is 0 Å². The van der Waals surface area contributed by atoms with E-state index >= 15 is 0 Å². The summed E-state index contributed by atoms with van der Waals surface area (Å²) in [4.78, 5) is 11.1.